The molecule has 4 aromatic rings. The van der Waals surface area contributed by atoms with Gasteiger partial charge in [-0.25, -0.2) is 28.2 Å². The number of likely N-dealkylation sites (tertiary alicyclic amines) is 1. The van der Waals surface area contributed by atoms with Crippen LogP contribution in [-0.4, -0.2) is 94.8 Å². The molecular weight excluding hydrogens is 610 g/mol. The molecule has 0 bridgehead atoms. The molecule has 0 unspecified atom stereocenters. The summed E-state index contributed by atoms with van der Waals surface area (Å²) in [7, 11) is 3.67. The number of carbonyl (C=O) groups is 1. The van der Waals surface area contributed by atoms with Gasteiger partial charge in [-0.15, -0.1) is 0 Å². The van der Waals surface area contributed by atoms with Gasteiger partial charge in [0, 0.05) is 56.8 Å². The number of nitrogens with zero attached hydrogens (tertiary/aromatic N) is 6. The molecule has 2 saturated heterocycles. The van der Waals surface area contributed by atoms with Gasteiger partial charge in [0.1, 0.15) is 23.7 Å². The molecule has 2 amide bonds. The molecule has 2 aromatic carbocycles. The van der Waals surface area contributed by atoms with Gasteiger partial charge < -0.3 is 19.7 Å². The lowest BCUT2D eigenvalue weighted by Crippen LogP contribution is -2.42. The molecule has 248 valence electrons. The molecular formula is C33H38F2N8O4. The van der Waals surface area contributed by atoms with Crippen LogP contribution in [0, 0.1) is 18.6 Å². The average Bonchev–Trinajstić information content (AvgIpc) is 3.63. The molecule has 2 fully saturated rings. The van der Waals surface area contributed by atoms with Crippen LogP contribution in [0.2, 0.25) is 0 Å². The summed E-state index contributed by atoms with van der Waals surface area (Å²) in [6.45, 7) is 4.89. The number of rotatable bonds is 10. The van der Waals surface area contributed by atoms with E-state index in [1.54, 1.807) is 29.2 Å². The SMILES string of the molecule is COCCN1C[C@@H](NC(=O)Nc2c(C)c(-c3cnc(OC4CCN(C)CC4)nc3)nn2-c2ccccc2)[C@H](c2ccc(F)c(F)c2)O1. The molecule has 2 atom stereocenters. The summed E-state index contributed by atoms with van der Waals surface area (Å²) in [4.78, 5) is 30.8. The van der Waals surface area contributed by atoms with Crippen LogP contribution in [-0.2, 0) is 9.57 Å². The number of ether oxygens (including phenoxy) is 2. The van der Waals surface area contributed by atoms with Crippen molar-refractivity contribution in [3.05, 3.63) is 83.7 Å². The Morgan fingerprint density at radius 1 is 1.06 bits per heavy atom. The van der Waals surface area contributed by atoms with Crippen LogP contribution in [0.3, 0.4) is 0 Å². The van der Waals surface area contributed by atoms with Crippen molar-refractivity contribution in [1.82, 2.24) is 35.0 Å². The highest BCUT2D eigenvalue weighted by Gasteiger charge is 2.37. The van der Waals surface area contributed by atoms with E-state index in [4.69, 9.17) is 19.4 Å². The third-order valence-electron chi connectivity index (χ3n) is 8.36. The van der Waals surface area contributed by atoms with Crippen LogP contribution < -0.4 is 15.4 Å². The monoisotopic (exact) mass is 648 g/mol. The van der Waals surface area contributed by atoms with E-state index < -0.39 is 29.8 Å². The van der Waals surface area contributed by atoms with Crippen LogP contribution in [0.1, 0.15) is 30.1 Å². The van der Waals surface area contributed by atoms with Crippen LogP contribution >= 0.6 is 0 Å². The largest absolute Gasteiger partial charge is 0.460 e. The van der Waals surface area contributed by atoms with Gasteiger partial charge in [-0.2, -0.15) is 10.2 Å². The van der Waals surface area contributed by atoms with Crippen molar-refractivity contribution in [2.24, 2.45) is 0 Å². The van der Waals surface area contributed by atoms with E-state index in [1.807, 2.05) is 37.3 Å². The molecule has 12 nitrogen and oxygen atoms in total. The lowest BCUT2D eigenvalue weighted by molar-refractivity contribution is -0.154. The Morgan fingerprint density at radius 2 is 1.81 bits per heavy atom. The minimum Gasteiger partial charge on any atom is -0.460 e. The fourth-order valence-corrected chi connectivity index (χ4v) is 5.77. The van der Waals surface area contributed by atoms with E-state index in [-0.39, 0.29) is 6.10 Å². The Balaban J connectivity index is 1.23. The second-order valence-corrected chi connectivity index (χ2v) is 11.7. The number of para-hydroxylation sites is 1. The lowest BCUT2D eigenvalue weighted by Gasteiger charge is -2.28. The zero-order valence-corrected chi connectivity index (χ0v) is 26.5. The van der Waals surface area contributed by atoms with Gasteiger partial charge in [0.25, 0.3) is 0 Å². The zero-order chi connectivity index (χ0) is 32.9. The third kappa shape index (κ3) is 7.57. The second-order valence-electron chi connectivity index (χ2n) is 11.7. The Hall–Kier alpha value is -4.50. The number of piperidine rings is 1. The minimum atomic E-state index is -0.995. The van der Waals surface area contributed by atoms with Crippen molar-refractivity contribution in [3.8, 4) is 23.0 Å². The van der Waals surface area contributed by atoms with Gasteiger partial charge in [0.05, 0.1) is 18.3 Å². The first kappa shape index (κ1) is 32.4. The summed E-state index contributed by atoms with van der Waals surface area (Å²) < 4.78 is 40.7. The molecule has 2 aliphatic rings. The number of carbonyl (C=O) groups excluding carboxylic acids is 1. The van der Waals surface area contributed by atoms with Crippen molar-refractivity contribution >= 4 is 11.8 Å². The lowest BCUT2D eigenvalue weighted by atomic mass is 10.0. The highest BCUT2D eigenvalue weighted by molar-refractivity contribution is 5.91. The predicted octanol–water partition coefficient (Wildman–Crippen LogP) is 4.51. The average molecular weight is 649 g/mol. The molecule has 14 heteroatoms. The summed E-state index contributed by atoms with van der Waals surface area (Å²) >= 11 is 0. The quantitative estimate of drug-likeness (QED) is 0.256. The maximum Gasteiger partial charge on any atom is 0.320 e. The molecule has 47 heavy (non-hydrogen) atoms. The number of halogens is 2. The highest BCUT2D eigenvalue weighted by Crippen LogP contribution is 2.32. The summed E-state index contributed by atoms with van der Waals surface area (Å²) in [6.07, 6.45) is 4.49. The van der Waals surface area contributed by atoms with Gasteiger partial charge in [0.2, 0.25) is 0 Å². The van der Waals surface area contributed by atoms with Gasteiger partial charge in [-0.1, -0.05) is 24.3 Å². The molecule has 0 radical (unpaired) electrons. The highest BCUT2D eigenvalue weighted by atomic mass is 19.2. The number of hydroxylamine groups is 2. The Morgan fingerprint density at radius 3 is 2.51 bits per heavy atom. The number of hydrogen-bond donors (Lipinski definition) is 2. The van der Waals surface area contributed by atoms with Crippen molar-refractivity contribution in [2.45, 2.75) is 38.0 Å². The summed E-state index contributed by atoms with van der Waals surface area (Å²) in [5.74, 6) is -1.52. The Bertz CT molecular complexity index is 1670. The topological polar surface area (TPSA) is 119 Å². The fraction of sp³-hybridized carbons (Fsp3) is 0.394. The van der Waals surface area contributed by atoms with E-state index in [1.165, 1.54) is 6.07 Å². The first-order valence-corrected chi connectivity index (χ1v) is 15.5. The van der Waals surface area contributed by atoms with Crippen LogP contribution in [0.25, 0.3) is 16.9 Å². The zero-order valence-electron chi connectivity index (χ0n) is 26.5. The van der Waals surface area contributed by atoms with Gasteiger partial charge in [-0.3, -0.25) is 10.2 Å². The van der Waals surface area contributed by atoms with E-state index in [2.05, 4.69) is 32.5 Å². The van der Waals surface area contributed by atoms with E-state index in [9.17, 15) is 13.6 Å². The normalized spacial score (nSPS) is 19.2. The molecule has 2 N–H and O–H groups in total. The van der Waals surface area contributed by atoms with E-state index in [0.29, 0.717) is 53.9 Å². The molecule has 2 aliphatic heterocycles. The number of nitrogens with one attached hydrogen (secondary N) is 2. The maximum absolute atomic E-state index is 14.2. The van der Waals surface area contributed by atoms with Gasteiger partial charge >= 0.3 is 12.0 Å². The van der Waals surface area contributed by atoms with Crippen molar-refractivity contribution in [3.63, 3.8) is 0 Å². The second kappa shape index (κ2) is 14.5. The van der Waals surface area contributed by atoms with Crippen LogP contribution in [0.5, 0.6) is 6.01 Å². The standard InChI is InChI=1S/C33H38F2N8O4/c1-21-29(23-18-36-33(37-19-23)46-25-11-13-41(2)14-12-25)40-43(24-7-5-4-6-8-24)31(21)39-32(44)38-28-20-42(15-16-45-3)47-30(28)22-9-10-26(34)27(35)17-22/h4-10,17-19,25,28,30H,11-16,20H2,1-3H3,(H2,38,39,44)/t28-,30+/m1/s1. The molecule has 0 spiro atoms. The summed E-state index contributed by atoms with van der Waals surface area (Å²) in [5.41, 5.74) is 3.07. The third-order valence-corrected chi connectivity index (χ3v) is 8.36. The van der Waals surface area contributed by atoms with E-state index >= 15 is 0 Å². The van der Waals surface area contributed by atoms with Crippen LogP contribution in [0.4, 0.5) is 19.4 Å². The summed E-state index contributed by atoms with van der Waals surface area (Å²) in [6, 6.07) is 12.2. The molecule has 4 heterocycles. The molecule has 6 rings (SSSR count). The number of hydrogen-bond acceptors (Lipinski definition) is 9. The Labute approximate surface area is 271 Å². The van der Waals surface area contributed by atoms with Gasteiger partial charge in [0.15, 0.2) is 11.6 Å². The molecule has 2 aromatic heterocycles. The first-order chi connectivity index (χ1) is 22.8. The van der Waals surface area contributed by atoms with Crippen LogP contribution in [0.15, 0.2) is 60.9 Å². The number of benzene rings is 2. The number of amides is 2. The maximum atomic E-state index is 14.2. The van der Waals surface area contributed by atoms with Gasteiger partial charge in [-0.05, 0) is 56.6 Å². The Kier molecular flexibility index (Phi) is 10.0. The van der Waals surface area contributed by atoms with E-state index in [0.717, 1.165) is 43.8 Å². The minimum absolute atomic E-state index is 0.0735. The van der Waals surface area contributed by atoms with Crippen molar-refractivity contribution in [2.75, 3.05) is 52.3 Å². The fourth-order valence-electron chi connectivity index (χ4n) is 5.77. The number of aromatic nitrogens is 4. The predicted molar refractivity (Wildman–Crippen MR) is 170 cm³/mol. The molecule has 0 aliphatic carbocycles. The summed E-state index contributed by atoms with van der Waals surface area (Å²) in [5, 5.41) is 12.4. The molecule has 0 saturated carbocycles. The van der Waals surface area contributed by atoms with Crippen molar-refractivity contribution < 1.29 is 27.9 Å². The number of anilines is 1. The number of urea groups is 1. The smallest absolute Gasteiger partial charge is 0.320 e. The number of methoxy groups -OCH3 is 1. The first-order valence-electron chi connectivity index (χ1n) is 15.5. The van der Waals surface area contributed by atoms with Crippen molar-refractivity contribution in [1.29, 1.82) is 0 Å².